The maximum absolute atomic E-state index is 11.1. The van der Waals surface area contributed by atoms with Gasteiger partial charge in [-0.05, 0) is 6.07 Å². The van der Waals surface area contributed by atoms with Crippen LogP contribution in [0.3, 0.4) is 0 Å². The minimum absolute atomic E-state index is 0.0461. The fourth-order valence-electron chi connectivity index (χ4n) is 1.54. The van der Waals surface area contributed by atoms with Crippen molar-refractivity contribution >= 4 is 17.7 Å². The summed E-state index contributed by atoms with van der Waals surface area (Å²) in [6.45, 7) is 13.8. The molecule has 0 saturated carbocycles. The van der Waals surface area contributed by atoms with Crippen LogP contribution in [0.5, 0.6) is 5.75 Å². The van der Waals surface area contributed by atoms with E-state index < -0.39 is 0 Å². The number of ether oxygens (including phenoxy) is 1. The molecule has 0 saturated heterocycles. The second kappa shape index (κ2) is 6.36. The predicted octanol–water partition coefficient (Wildman–Crippen LogP) is 0.610. The van der Waals surface area contributed by atoms with Gasteiger partial charge < -0.3 is 4.74 Å². The Hall–Kier alpha value is -3.61. The van der Waals surface area contributed by atoms with Crippen LogP contribution in [0.1, 0.15) is 10.4 Å². The van der Waals surface area contributed by atoms with Crippen LogP contribution in [0.15, 0.2) is 12.1 Å². The van der Waals surface area contributed by atoms with Crippen molar-refractivity contribution in [1.82, 2.24) is 0 Å². The molecule has 1 aromatic rings. The van der Waals surface area contributed by atoms with Gasteiger partial charge in [0.1, 0.15) is 12.0 Å². The first kappa shape index (κ1) is 14.5. The third kappa shape index (κ3) is 2.46. The first-order chi connectivity index (χ1) is 9.66. The quantitative estimate of drug-likeness (QED) is 0.577. The maximum Gasteiger partial charge on any atom is 0.272 e. The Morgan fingerprint density at radius 2 is 1.75 bits per heavy atom. The van der Waals surface area contributed by atoms with Crippen LogP contribution < -0.4 is 15.2 Å². The van der Waals surface area contributed by atoms with Crippen molar-refractivity contribution in [3.8, 4) is 17.9 Å². The average molecular weight is 262 g/mol. The summed E-state index contributed by atoms with van der Waals surface area (Å²) >= 11 is 0. The molecule has 0 fully saturated rings. The Morgan fingerprint density at radius 1 is 1.20 bits per heavy atom. The zero-order valence-electron chi connectivity index (χ0n) is 10.3. The first-order valence-electron chi connectivity index (χ1n) is 5.13. The van der Waals surface area contributed by atoms with Crippen LogP contribution >= 0.6 is 0 Å². The molecule has 0 bridgehead atoms. The van der Waals surface area contributed by atoms with Crippen molar-refractivity contribution in [2.45, 2.75) is 0 Å². The number of carbonyl (C=O) groups excluding carboxylic acids is 1. The highest BCUT2D eigenvalue weighted by molar-refractivity contribution is 5.81. The molecule has 1 aromatic carbocycles. The van der Waals surface area contributed by atoms with E-state index in [4.69, 9.17) is 28.4 Å². The zero-order chi connectivity index (χ0) is 15.1. The van der Waals surface area contributed by atoms with E-state index in [9.17, 15) is 4.79 Å². The van der Waals surface area contributed by atoms with Crippen molar-refractivity contribution in [3.63, 3.8) is 0 Å². The number of nitriles is 2. The lowest BCUT2D eigenvalue weighted by atomic mass is 10.1. The Morgan fingerprint density at radius 3 is 2.15 bits per heavy atom. The summed E-state index contributed by atoms with van der Waals surface area (Å²) in [7, 11) is 1.33. The fourth-order valence-corrected chi connectivity index (χ4v) is 1.54. The van der Waals surface area contributed by atoms with E-state index in [1.54, 1.807) is 12.1 Å². The lowest BCUT2D eigenvalue weighted by Gasteiger charge is -2.04. The van der Waals surface area contributed by atoms with Crippen molar-refractivity contribution in [3.05, 3.63) is 51.0 Å². The number of hydrogen-bond donors (Lipinski definition) is 0. The summed E-state index contributed by atoms with van der Waals surface area (Å²) in [4.78, 5) is 17.2. The Bertz CT molecular complexity index is 823. The highest BCUT2D eigenvalue weighted by Crippen LogP contribution is 2.06. The van der Waals surface area contributed by atoms with Gasteiger partial charge in [0.25, 0.3) is 11.4 Å². The van der Waals surface area contributed by atoms with Gasteiger partial charge in [0.15, 0.2) is 0 Å². The summed E-state index contributed by atoms with van der Waals surface area (Å²) in [5.41, 5.74) is -0.458. The molecule has 0 heterocycles. The van der Waals surface area contributed by atoms with Crippen LogP contribution in [0.25, 0.3) is 21.1 Å². The van der Waals surface area contributed by atoms with Gasteiger partial charge >= 0.3 is 0 Å². The number of hydrogen-bond acceptors (Lipinski definition) is 4. The molecule has 20 heavy (non-hydrogen) atoms. The number of rotatable bonds is 2. The van der Waals surface area contributed by atoms with Crippen LogP contribution in [0.4, 0.5) is 0 Å². The fraction of sp³-hybridized carbons (Fsp3) is 0.0714. The minimum atomic E-state index is -0.265. The average Bonchev–Trinajstić information content (AvgIpc) is 2.50. The number of benzene rings is 1. The van der Waals surface area contributed by atoms with E-state index >= 15 is 0 Å². The normalized spacial score (nSPS) is 11.8. The van der Waals surface area contributed by atoms with E-state index in [-0.39, 0.29) is 33.1 Å². The molecular weight excluding hydrogens is 256 g/mol. The summed E-state index contributed by atoms with van der Waals surface area (Å²) in [5.74, 6) is 0.148. The number of methoxy groups -OCH3 is 1. The Labute approximate surface area is 114 Å². The summed E-state index contributed by atoms with van der Waals surface area (Å²) in [6.07, 6.45) is 0.458. The summed E-state index contributed by atoms with van der Waals surface area (Å²) in [5, 5.41) is 18.0. The van der Waals surface area contributed by atoms with Crippen LogP contribution in [0.2, 0.25) is 0 Å². The molecule has 6 heteroatoms. The summed E-state index contributed by atoms with van der Waals surface area (Å²) < 4.78 is 5.05. The third-order valence-electron chi connectivity index (χ3n) is 2.44. The van der Waals surface area contributed by atoms with Gasteiger partial charge in [0.05, 0.1) is 32.4 Å². The molecule has 0 aliphatic heterocycles. The molecule has 6 nitrogen and oxygen atoms in total. The molecule has 94 valence electrons. The van der Waals surface area contributed by atoms with Gasteiger partial charge in [-0.3, -0.25) is 4.79 Å². The van der Waals surface area contributed by atoms with E-state index in [0.29, 0.717) is 6.29 Å². The van der Waals surface area contributed by atoms with Gasteiger partial charge in [-0.2, -0.15) is 0 Å². The molecule has 0 N–H and O–H groups in total. The lowest BCUT2D eigenvalue weighted by Crippen LogP contribution is -2.20. The lowest BCUT2D eigenvalue weighted by molar-refractivity contribution is 0.112. The van der Waals surface area contributed by atoms with E-state index in [2.05, 4.69) is 9.69 Å². The van der Waals surface area contributed by atoms with E-state index in [1.807, 2.05) is 0 Å². The second-order valence-electron chi connectivity index (χ2n) is 3.40. The van der Waals surface area contributed by atoms with Gasteiger partial charge in [-0.15, -0.1) is 0 Å². The molecular formula is C14H6N4O2. The SMILES string of the molecule is [C-]#[N+]/C(C#N)=c1/cc(OC)/c(=C(\C#N)[N+]#[C-])cc1C=O. The second-order valence-corrected chi connectivity index (χ2v) is 3.40. The Kier molecular flexibility index (Phi) is 4.59. The molecule has 0 unspecified atom stereocenters. The van der Waals surface area contributed by atoms with Crippen molar-refractivity contribution in [1.29, 1.82) is 10.5 Å². The highest BCUT2D eigenvalue weighted by Gasteiger charge is 2.09. The topological polar surface area (TPSA) is 82.6 Å². The smallest absolute Gasteiger partial charge is 0.272 e. The molecule has 0 spiro atoms. The zero-order valence-corrected chi connectivity index (χ0v) is 10.3. The standard InChI is InChI=1S/C14H6N4O2/c1-17-12(6-15)10-5-14(20-3)11(4-9(10)8-19)13(7-16)18-2/h4-5,8H,3H3/b12-10-,13-11+. The van der Waals surface area contributed by atoms with Crippen molar-refractivity contribution in [2.24, 2.45) is 0 Å². The number of carbonyl (C=O) groups is 1. The van der Waals surface area contributed by atoms with Crippen molar-refractivity contribution < 1.29 is 9.53 Å². The van der Waals surface area contributed by atoms with Gasteiger partial charge in [-0.25, -0.2) is 20.2 Å². The molecule has 1 rings (SSSR count). The molecule has 0 aromatic heterocycles. The van der Waals surface area contributed by atoms with Crippen molar-refractivity contribution in [2.75, 3.05) is 7.11 Å². The van der Waals surface area contributed by atoms with Gasteiger partial charge in [0, 0.05) is 16.0 Å². The monoisotopic (exact) mass is 262 g/mol. The van der Waals surface area contributed by atoms with Crippen LogP contribution in [0, 0.1) is 35.8 Å². The third-order valence-corrected chi connectivity index (χ3v) is 2.44. The largest absolute Gasteiger partial charge is 0.497 e. The molecule has 0 radical (unpaired) electrons. The molecule has 0 amide bonds. The van der Waals surface area contributed by atoms with Crippen LogP contribution in [-0.4, -0.2) is 13.4 Å². The first-order valence-corrected chi connectivity index (χ1v) is 5.13. The number of aldehydes is 1. The molecule has 0 aliphatic carbocycles. The van der Waals surface area contributed by atoms with Crippen LogP contribution in [-0.2, 0) is 0 Å². The maximum atomic E-state index is 11.1. The number of nitrogens with zero attached hydrogens (tertiary/aromatic N) is 4. The summed E-state index contributed by atoms with van der Waals surface area (Å²) in [6, 6.07) is 5.96. The minimum Gasteiger partial charge on any atom is -0.497 e. The Balaban J connectivity index is 4.12. The molecule has 0 atom stereocenters. The van der Waals surface area contributed by atoms with Gasteiger partial charge in [0.2, 0.25) is 0 Å². The predicted molar refractivity (Wildman–Crippen MR) is 68.9 cm³/mol. The highest BCUT2D eigenvalue weighted by atomic mass is 16.5. The van der Waals surface area contributed by atoms with Gasteiger partial charge in [-0.1, -0.05) is 6.07 Å². The molecule has 0 aliphatic rings. The van der Waals surface area contributed by atoms with E-state index in [0.717, 1.165) is 0 Å². The van der Waals surface area contributed by atoms with E-state index in [1.165, 1.54) is 19.2 Å².